The van der Waals surface area contributed by atoms with E-state index in [-0.39, 0.29) is 37.9 Å². The van der Waals surface area contributed by atoms with Crippen LogP contribution < -0.4 is 14.2 Å². The summed E-state index contributed by atoms with van der Waals surface area (Å²) in [4.78, 5) is 29.7. The van der Waals surface area contributed by atoms with E-state index in [1.807, 2.05) is 36.4 Å². The molecule has 3 aromatic carbocycles. The zero-order valence-corrected chi connectivity index (χ0v) is 21.2. The van der Waals surface area contributed by atoms with Gasteiger partial charge in [-0.3, -0.25) is 4.79 Å². The number of rotatable bonds is 13. The number of Topliss-reactive ketones (excluding diaryl/α,β-unsaturated/α-hetero) is 1. The average Bonchev–Trinajstić information content (AvgIpc) is 2.91. The van der Waals surface area contributed by atoms with Crippen LogP contribution in [0.5, 0.6) is 23.0 Å². The van der Waals surface area contributed by atoms with Crippen molar-refractivity contribution in [2.45, 2.75) is 23.6 Å². The van der Waals surface area contributed by atoms with Crippen LogP contribution in [0.1, 0.15) is 24.2 Å². The number of ether oxygens (including phenoxy) is 3. The zero-order chi connectivity index (χ0) is 26.6. The third-order valence-electron chi connectivity index (χ3n) is 4.66. The lowest BCUT2D eigenvalue weighted by atomic mass is 10.1. The number of hydrogen-bond acceptors (Lipinski definition) is 10. The van der Waals surface area contributed by atoms with Crippen LogP contribution >= 0.6 is 11.8 Å². The van der Waals surface area contributed by atoms with Crippen molar-refractivity contribution in [2.24, 2.45) is 5.16 Å². The predicted octanol–water partition coefficient (Wildman–Crippen LogP) is 4.49. The number of aliphatic hydroxyl groups excluding tert-OH is 2. The molecule has 3 aromatic rings. The molecule has 0 aliphatic carbocycles. The van der Waals surface area contributed by atoms with Crippen molar-refractivity contribution in [2.75, 3.05) is 26.4 Å². The molecule has 0 saturated heterocycles. The fourth-order valence-corrected chi connectivity index (χ4v) is 3.82. The van der Waals surface area contributed by atoms with E-state index in [1.165, 1.54) is 25.6 Å². The molecule has 194 valence electrons. The lowest BCUT2D eigenvalue weighted by molar-refractivity contribution is -0.140. The second kappa shape index (κ2) is 14.0. The lowest BCUT2D eigenvalue weighted by Crippen LogP contribution is -2.11. The van der Waals surface area contributed by atoms with Gasteiger partial charge in [0.25, 0.3) is 0 Å². The maximum Gasteiger partial charge on any atom is 0.331 e. The van der Waals surface area contributed by atoms with Gasteiger partial charge >= 0.3 is 5.97 Å². The van der Waals surface area contributed by atoms with E-state index in [2.05, 4.69) is 9.99 Å². The number of carbonyl (C=O) groups excluding carboxylic acids is 2. The molecule has 37 heavy (non-hydrogen) atoms. The van der Waals surface area contributed by atoms with Crippen molar-refractivity contribution in [3.05, 3.63) is 72.3 Å². The standard InChI is InChI=1S/C27H27NO8S/c1-18(28-36-19(2)31)27(32)20-3-8-23(9-4-20)37-24-10-5-21(6-11-24)35-22-7-12-25(33-15-13-29)26(17-22)34-16-14-30/h3-12,17,29-30H,13-16H2,1-2H3/b28-18+. The fraction of sp³-hybridized carbons (Fsp3) is 0.222. The Morgan fingerprint density at radius 3 is 1.95 bits per heavy atom. The molecule has 0 aliphatic rings. The van der Waals surface area contributed by atoms with Crippen LogP contribution in [-0.2, 0) is 9.63 Å². The minimum Gasteiger partial charge on any atom is -0.487 e. The summed E-state index contributed by atoms with van der Waals surface area (Å²) >= 11 is 1.52. The zero-order valence-electron chi connectivity index (χ0n) is 20.4. The average molecular weight is 526 g/mol. The van der Waals surface area contributed by atoms with Gasteiger partial charge in [0, 0.05) is 28.3 Å². The molecule has 0 spiro atoms. The van der Waals surface area contributed by atoms with Crippen molar-refractivity contribution in [3.63, 3.8) is 0 Å². The van der Waals surface area contributed by atoms with Crippen molar-refractivity contribution < 1.29 is 38.9 Å². The molecule has 0 atom stereocenters. The SMILES string of the molecule is CC(=O)O/N=C(\C)C(=O)c1ccc(Sc2ccc(Oc3ccc(OCCO)c(OCCO)c3)cc2)cc1. The smallest absolute Gasteiger partial charge is 0.331 e. The van der Waals surface area contributed by atoms with Crippen LogP contribution in [0.3, 0.4) is 0 Å². The molecule has 0 bridgehead atoms. The Balaban J connectivity index is 1.62. The van der Waals surface area contributed by atoms with E-state index in [1.54, 1.807) is 30.3 Å². The van der Waals surface area contributed by atoms with E-state index in [4.69, 9.17) is 24.4 Å². The first-order valence-electron chi connectivity index (χ1n) is 11.3. The Morgan fingerprint density at radius 2 is 1.35 bits per heavy atom. The third kappa shape index (κ3) is 8.64. The van der Waals surface area contributed by atoms with Crippen molar-refractivity contribution in [3.8, 4) is 23.0 Å². The summed E-state index contributed by atoms with van der Waals surface area (Å²) in [5.74, 6) is 1.08. The number of benzene rings is 3. The van der Waals surface area contributed by atoms with Gasteiger partial charge in [0.1, 0.15) is 30.4 Å². The molecule has 0 fully saturated rings. The van der Waals surface area contributed by atoms with Gasteiger partial charge in [-0.1, -0.05) is 16.9 Å². The molecule has 2 N–H and O–H groups in total. The van der Waals surface area contributed by atoms with E-state index in [0.717, 1.165) is 9.79 Å². The van der Waals surface area contributed by atoms with Crippen LogP contribution in [0.2, 0.25) is 0 Å². The quantitative estimate of drug-likeness (QED) is 0.144. The highest BCUT2D eigenvalue weighted by atomic mass is 32.2. The van der Waals surface area contributed by atoms with Crippen LogP contribution in [0.15, 0.2) is 81.7 Å². The first-order chi connectivity index (χ1) is 17.9. The molecule has 0 aliphatic heterocycles. The number of nitrogens with zero attached hydrogens (tertiary/aromatic N) is 1. The Kier molecular flexibility index (Phi) is 10.5. The molecule has 0 unspecified atom stereocenters. The highest BCUT2D eigenvalue weighted by Crippen LogP contribution is 2.35. The molecule has 0 heterocycles. The maximum atomic E-state index is 12.4. The summed E-state index contributed by atoms with van der Waals surface area (Å²) in [5.41, 5.74) is 0.530. The van der Waals surface area contributed by atoms with Crippen LogP contribution in [0.4, 0.5) is 0 Å². The third-order valence-corrected chi connectivity index (χ3v) is 5.68. The Hall–Kier alpha value is -3.86. The minimum absolute atomic E-state index is 0.0885. The molecule has 0 aromatic heterocycles. The summed E-state index contributed by atoms with van der Waals surface area (Å²) in [5, 5.41) is 21.6. The summed E-state index contributed by atoms with van der Waals surface area (Å²) in [6.07, 6.45) is 0. The molecule has 0 saturated carbocycles. The summed E-state index contributed by atoms with van der Waals surface area (Å²) in [6.45, 7) is 2.65. The monoisotopic (exact) mass is 525 g/mol. The number of aliphatic hydroxyl groups is 2. The maximum absolute atomic E-state index is 12.4. The molecular formula is C27H27NO8S. The van der Waals surface area contributed by atoms with Crippen LogP contribution in [0.25, 0.3) is 0 Å². The second-order valence-corrected chi connectivity index (χ2v) is 8.69. The van der Waals surface area contributed by atoms with Crippen molar-refractivity contribution >= 4 is 29.2 Å². The van der Waals surface area contributed by atoms with Gasteiger partial charge in [-0.25, -0.2) is 4.79 Å². The first-order valence-corrected chi connectivity index (χ1v) is 12.2. The minimum atomic E-state index is -0.589. The van der Waals surface area contributed by atoms with Gasteiger partial charge in [0.05, 0.1) is 13.2 Å². The predicted molar refractivity (Wildman–Crippen MR) is 138 cm³/mol. The molecule has 0 radical (unpaired) electrons. The van der Waals surface area contributed by atoms with Crippen LogP contribution in [-0.4, -0.2) is 54.1 Å². The summed E-state index contributed by atoms with van der Waals surface area (Å²) in [6, 6.07) is 19.6. The number of carbonyl (C=O) groups is 2. The largest absolute Gasteiger partial charge is 0.487 e. The Morgan fingerprint density at radius 1 is 0.784 bits per heavy atom. The summed E-state index contributed by atoms with van der Waals surface area (Å²) in [7, 11) is 0. The number of ketones is 1. The summed E-state index contributed by atoms with van der Waals surface area (Å²) < 4.78 is 16.9. The molecule has 10 heteroatoms. The second-order valence-electron chi connectivity index (χ2n) is 7.54. The fourth-order valence-electron chi connectivity index (χ4n) is 3.00. The Bertz CT molecular complexity index is 1230. The van der Waals surface area contributed by atoms with E-state index < -0.39 is 5.97 Å². The van der Waals surface area contributed by atoms with Crippen LogP contribution in [0, 0.1) is 0 Å². The van der Waals surface area contributed by atoms with E-state index >= 15 is 0 Å². The number of hydrogen-bond donors (Lipinski definition) is 2. The van der Waals surface area contributed by atoms with Gasteiger partial charge in [-0.2, -0.15) is 0 Å². The van der Waals surface area contributed by atoms with Gasteiger partial charge in [0.2, 0.25) is 5.78 Å². The molecular weight excluding hydrogens is 498 g/mol. The number of oxime groups is 1. The first kappa shape index (κ1) is 27.7. The molecule has 0 amide bonds. The van der Waals surface area contributed by atoms with Gasteiger partial charge in [0.15, 0.2) is 11.5 Å². The highest BCUT2D eigenvalue weighted by molar-refractivity contribution is 7.99. The molecule has 9 nitrogen and oxygen atoms in total. The lowest BCUT2D eigenvalue weighted by Gasteiger charge is -2.14. The Labute approximate surface area is 218 Å². The van der Waals surface area contributed by atoms with E-state index in [9.17, 15) is 9.59 Å². The highest BCUT2D eigenvalue weighted by Gasteiger charge is 2.12. The van der Waals surface area contributed by atoms with Gasteiger partial charge in [-0.15, -0.1) is 0 Å². The normalized spacial score (nSPS) is 11.1. The van der Waals surface area contributed by atoms with Crippen molar-refractivity contribution in [1.82, 2.24) is 0 Å². The molecule has 3 rings (SSSR count). The van der Waals surface area contributed by atoms with E-state index in [0.29, 0.717) is 28.6 Å². The topological polar surface area (TPSA) is 124 Å². The van der Waals surface area contributed by atoms with Gasteiger partial charge in [-0.05, 0) is 67.6 Å². The van der Waals surface area contributed by atoms with Crippen molar-refractivity contribution in [1.29, 1.82) is 0 Å². The van der Waals surface area contributed by atoms with Gasteiger partial charge < -0.3 is 29.3 Å².